The number of benzene rings is 1. The third kappa shape index (κ3) is 2.36. The Morgan fingerprint density at radius 1 is 1.19 bits per heavy atom. The molecular formula is C19H18ClN3O3. The Morgan fingerprint density at radius 2 is 2.12 bits per heavy atom. The summed E-state index contributed by atoms with van der Waals surface area (Å²) in [6.45, 7) is 1.04. The molecule has 5 rings (SSSR count). The Morgan fingerprint density at radius 3 is 2.92 bits per heavy atom. The molecule has 1 unspecified atom stereocenters. The third-order valence-corrected chi connectivity index (χ3v) is 5.46. The fourth-order valence-corrected chi connectivity index (χ4v) is 4.26. The minimum Gasteiger partial charge on any atom is -0.487 e. The maximum absolute atomic E-state index is 6.24. The summed E-state index contributed by atoms with van der Waals surface area (Å²) in [6, 6.07) is 8.12. The first-order valence-electron chi connectivity index (χ1n) is 8.67. The fourth-order valence-electron chi connectivity index (χ4n) is 4.09. The van der Waals surface area contributed by atoms with E-state index in [2.05, 4.69) is 16.0 Å². The third-order valence-electron chi connectivity index (χ3n) is 5.25. The Labute approximate surface area is 155 Å². The summed E-state index contributed by atoms with van der Waals surface area (Å²) in [5.41, 5.74) is 8.06. The second kappa shape index (κ2) is 5.86. The number of aliphatic imine (C=N–C) groups is 1. The molecule has 6 nitrogen and oxygen atoms in total. The van der Waals surface area contributed by atoms with Gasteiger partial charge in [-0.15, -0.1) is 0 Å². The van der Waals surface area contributed by atoms with E-state index in [0.29, 0.717) is 18.2 Å². The molecule has 1 spiro atoms. The van der Waals surface area contributed by atoms with E-state index in [9.17, 15) is 0 Å². The molecular weight excluding hydrogens is 354 g/mol. The summed E-state index contributed by atoms with van der Waals surface area (Å²) in [7, 11) is 0. The molecule has 1 fully saturated rings. The molecule has 1 aromatic carbocycles. The Kier molecular flexibility index (Phi) is 3.58. The number of ether oxygens (including phenoxy) is 3. The molecule has 26 heavy (non-hydrogen) atoms. The average molecular weight is 372 g/mol. The highest BCUT2D eigenvalue weighted by Crippen LogP contribution is 2.49. The van der Waals surface area contributed by atoms with E-state index in [1.807, 2.05) is 18.2 Å². The molecule has 3 aliphatic rings. The first-order valence-corrected chi connectivity index (χ1v) is 9.05. The Bertz CT molecular complexity index is 903. The quantitative estimate of drug-likeness (QED) is 0.833. The fraction of sp³-hybridized carbons (Fsp3) is 0.368. The van der Waals surface area contributed by atoms with Crippen LogP contribution in [0.3, 0.4) is 0 Å². The van der Waals surface area contributed by atoms with Crippen molar-refractivity contribution in [2.45, 2.75) is 30.6 Å². The molecule has 2 N–H and O–H groups in total. The summed E-state index contributed by atoms with van der Waals surface area (Å²) >= 11 is 6.10. The van der Waals surface area contributed by atoms with Crippen LogP contribution in [0.25, 0.3) is 11.1 Å². The van der Waals surface area contributed by atoms with E-state index in [0.717, 1.165) is 35.3 Å². The summed E-state index contributed by atoms with van der Waals surface area (Å²) in [5.74, 6) is 0.803. The van der Waals surface area contributed by atoms with E-state index < -0.39 is 5.54 Å². The number of halogens is 1. The van der Waals surface area contributed by atoms with E-state index >= 15 is 0 Å². The summed E-state index contributed by atoms with van der Waals surface area (Å²) in [4.78, 5) is 8.86. The van der Waals surface area contributed by atoms with Crippen molar-refractivity contribution >= 4 is 17.6 Å². The van der Waals surface area contributed by atoms with Gasteiger partial charge in [-0.3, -0.25) is 4.98 Å². The molecule has 0 amide bonds. The number of hydrogen-bond donors (Lipinski definition) is 1. The second-order valence-electron chi connectivity index (χ2n) is 6.86. The van der Waals surface area contributed by atoms with Gasteiger partial charge >= 0.3 is 0 Å². The van der Waals surface area contributed by atoms with Gasteiger partial charge in [0.1, 0.15) is 24.6 Å². The predicted molar refractivity (Wildman–Crippen MR) is 97.3 cm³/mol. The number of nitrogens with two attached hydrogens (primary N) is 1. The van der Waals surface area contributed by atoms with Crippen molar-refractivity contribution in [3.8, 4) is 16.9 Å². The number of amidine groups is 1. The van der Waals surface area contributed by atoms with Crippen molar-refractivity contribution < 1.29 is 14.2 Å². The zero-order chi connectivity index (χ0) is 17.7. The summed E-state index contributed by atoms with van der Waals surface area (Å²) < 4.78 is 17.9. The number of nitrogens with zero attached hydrogens (tertiary/aromatic N) is 2. The number of pyridine rings is 1. The maximum atomic E-state index is 6.24. The summed E-state index contributed by atoms with van der Waals surface area (Å²) in [5, 5.41) is 0.591. The van der Waals surface area contributed by atoms with Crippen LogP contribution >= 0.6 is 11.6 Å². The SMILES string of the molecule is NC1=NC2(CO1)c1cc(-c3cncc(Cl)c3)ccc1O[C@H]1CCCO[C@@H]12. The minimum atomic E-state index is -0.676. The van der Waals surface area contributed by atoms with Crippen LogP contribution in [0.5, 0.6) is 5.75 Å². The molecule has 134 valence electrons. The van der Waals surface area contributed by atoms with Crippen LogP contribution in [0.1, 0.15) is 18.4 Å². The first kappa shape index (κ1) is 15.9. The van der Waals surface area contributed by atoms with Gasteiger partial charge in [-0.2, -0.15) is 0 Å². The zero-order valence-corrected chi connectivity index (χ0v) is 14.8. The molecule has 3 atom stereocenters. The van der Waals surface area contributed by atoms with Gasteiger partial charge in [0.15, 0.2) is 5.54 Å². The van der Waals surface area contributed by atoms with Gasteiger partial charge in [0.25, 0.3) is 6.02 Å². The molecule has 4 heterocycles. The Balaban J connectivity index is 1.67. The number of hydrogen-bond acceptors (Lipinski definition) is 6. The van der Waals surface area contributed by atoms with Crippen LogP contribution in [0.15, 0.2) is 41.7 Å². The van der Waals surface area contributed by atoms with E-state index in [-0.39, 0.29) is 18.2 Å². The number of aromatic nitrogens is 1. The van der Waals surface area contributed by atoms with Gasteiger partial charge < -0.3 is 19.9 Å². The van der Waals surface area contributed by atoms with Gasteiger partial charge in [0, 0.05) is 30.1 Å². The second-order valence-corrected chi connectivity index (χ2v) is 7.29. The van der Waals surface area contributed by atoms with Crippen LogP contribution in [0.2, 0.25) is 5.02 Å². The van der Waals surface area contributed by atoms with Crippen LogP contribution in [0, 0.1) is 0 Å². The smallest absolute Gasteiger partial charge is 0.283 e. The minimum absolute atomic E-state index is 0.0480. The molecule has 2 aromatic rings. The molecule has 1 aromatic heterocycles. The lowest BCUT2D eigenvalue weighted by Crippen LogP contribution is -2.55. The molecule has 0 radical (unpaired) electrons. The predicted octanol–water partition coefficient (Wildman–Crippen LogP) is 2.88. The van der Waals surface area contributed by atoms with E-state index in [1.54, 1.807) is 12.4 Å². The van der Waals surface area contributed by atoms with Gasteiger partial charge in [0.2, 0.25) is 0 Å². The van der Waals surface area contributed by atoms with Gasteiger partial charge in [-0.1, -0.05) is 17.7 Å². The lowest BCUT2D eigenvalue weighted by atomic mass is 9.77. The number of rotatable bonds is 1. The van der Waals surface area contributed by atoms with Crippen LogP contribution in [-0.2, 0) is 15.0 Å². The summed E-state index contributed by atoms with van der Waals surface area (Å²) in [6.07, 6.45) is 5.04. The maximum Gasteiger partial charge on any atom is 0.283 e. The normalized spacial score (nSPS) is 29.3. The van der Waals surface area contributed by atoms with E-state index in [4.69, 9.17) is 31.5 Å². The lowest BCUT2D eigenvalue weighted by Gasteiger charge is -2.45. The molecule has 7 heteroatoms. The number of fused-ring (bicyclic) bond motifs is 4. The van der Waals surface area contributed by atoms with Crippen molar-refractivity contribution in [3.63, 3.8) is 0 Å². The largest absolute Gasteiger partial charge is 0.487 e. The Hall–Kier alpha value is -2.31. The zero-order valence-electron chi connectivity index (χ0n) is 14.0. The van der Waals surface area contributed by atoms with Crippen LogP contribution < -0.4 is 10.5 Å². The first-order chi connectivity index (χ1) is 12.7. The standard InChI is InChI=1S/C19H18ClN3O3/c20-13-6-12(8-22-9-13)11-3-4-15-14(7-11)19(10-25-18(21)23-19)17-16(26-15)2-1-5-24-17/h3-4,6-9,16-17H,1-2,5,10H2,(H2,21,23)/t16-,17-,19?/m0/s1. The van der Waals surface area contributed by atoms with E-state index in [1.165, 1.54) is 0 Å². The van der Waals surface area contributed by atoms with Crippen molar-refractivity contribution in [2.75, 3.05) is 13.2 Å². The molecule has 3 aliphatic heterocycles. The van der Waals surface area contributed by atoms with Crippen molar-refractivity contribution in [3.05, 3.63) is 47.2 Å². The molecule has 0 bridgehead atoms. The average Bonchev–Trinajstić information content (AvgIpc) is 3.04. The highest BCUT2D eigenvalue weighted by atomic mass is 35.5. The highest BCUT2D eigenvalue weighted by molar-refractivity contribution is 6.30. The van der Waals surface area contributed by atoms with Crippen molar-refractivity contribution in [1.82, 2.24) is 4.98 Å². The monoisotopic (exact) mass is 371 g/mol. The molecule has 0 saturated carbocycles. The highest BCUT2D eigenvalue weighted by Gasteiger charge is 2.55. The van der Waals surface area contributed by atoms with Gasteiger partial charge in [-0.25, -0.2) is 4.99 Å². The van der Waals surface area contributed by atoms with Crippen LogP contribution in [-0.4, -0.2) is 36.4 Å². The topological polar surface area (TPSA) is 79.0 Å². The van der Waals surface area contributed by atoms with Crippen molar-refractivity contribution in [1.29, 1.82) is 0 Å². The molecule has 0 aliphatic carbocycles. The molecule has 1 saturated heterocycles. The lowest BCUT2D eigenvalue weighted by molar-refractivity contribution is -0.117. The van der Waals surface area contributed by atoms with Gasteiger partial charge in [0.05, 0.1) is 5.02 Å². The van der Waals surface area contributed by atoms with Gasteiger partial charge in [-0.05, 0) is 36.6 Å². The van der Waals surface area contributed by atoms with Crippen molar-refractivity contribution in [2.24, 2.45) is 10.7 Å². The van der Waals surface area contributed by atoms with Crippen LogP contribution in [0.4, 0.5) is 0 Å².